The van der Waals surface area contributed by atoms with Crippen molar-refractivity contribution in [2.75, 3.05) is 0 Å². The van der Waals surface area contributed by atoms with Crippen LogP contribution in [0.3, 0.4) is 0 Å². The molecule has 0 aliphatic heterocycles. The van der Waals surface area contributed by atoms with Gasteiger partial charge in [0.1, 0.15) is 0 Å². The number of carbonyl (C=O) groups excluding carboxylic acids is 1. The first-order chi connectivity index (χ1) is 12.2. The van der Waals surface area contributed by atoms with E-state index in [2.05, 4.69) is 21.2 Å². The first kappa shape index (κ1) is 17.2. The molecule has 2 nitrogen and oxygen atoms in total. The van der Waals surface area contributed by atoms with E-state index in [4.69, 9.17) is 0 Å². The molecule has 1 amide bonds. The summed E-state index contributed by atoms with van der Waals surface area (Å²) in [6, 6.07) is 27.6. The summed E-state index contributed by atoms with van der Waals surface area (Å²) in [7, 11) is 0. The number of hydrogen-bond donors (Lipinski definition) is 1. The topological polar surface area (TPSA) is 29.1 Å². The third-order valence-corrected chi connectivity index (χ3v) is 4.38. The lowest BCUT2D eigenvalue weighted by atomic mass is 9.98. The molecule has 1 N–H and O–H groups in total. The highest BCUT2D eigenvalue weighted by atomic mass is 79.9. The molecule has 3 heteroatoms. The van der Waals surface area contributed by atoms with E-state index in [1.54, 1.807) is 6.08 Å². The summed E-state index contributed by atoms with van der Waals surface area (Å²) >= 11 is 3.41. The number of halogens is 1. The molecule has 0 saturated carbocycles. The van der Waals surface area contributed by atoms with Crippen LogP contribution >= 0.6 is 15.9 Å². The predicted molar refractivity (Wildman–Crippen MR) is 106 cm³/mol. The molecule has 3 aromatic rings. The maximum atomic E-state index is 12.4. The van der Waals surface area contributed by atoms with Crippen LogP contribution in [0.25, 0.3) is 6.08 Å². The zero-order chi connectivity index (χ0) is 17.5. The molecule has 0 radical (unpaired) electrons. The Morgan fingerprint density at radius 2 is 1.32 bits per heavy atom. The first-order valence-corrected chi connectivity index (χ1v) is 8.86. The average Bonchev–Trinajstić information content (AvgIpc) is 2.67. The number of rotatable bonds is 5. The Morgan fingerprint density at radius 3 is 1.84 bits per heavy atom. The molecule has 0 aliphatic rings. The summed E-state index contributed by atoms with van der Waals surface area (Å²) < 4.78 is 1.02. The maximum absolute atomic E-state index is 12.4. The van der Waals surface area contributed by atoms with Crippen molar-refractivity contribution in [2.24, 2.45) is 0 Å². The van der Waals surface area contributed by atoms with Gasteiger partial charge in [0.15, 0.2) is 0 Å². The van der Waals surface area contributed by atoms with Crippen LogP contribution < -0.4 is 5.32 Å². The van der Waals surface area contributed by atoms with E-state index in [1.165, 1.54) is 0 Å². The average molecular weight is 392 g/mol. The maximum Gasteiger partial charge on any atom is 0.244 e. The molecule has 0 unspecified atom stereocenters. The molecule has 0 spiro atoms. The van der Waals surface area contributed by atoms with Crippen molar-refractivity contribution >= 4 is 27.9 Å². The molecule has 0 atom stereocenters. The zero-order valence-corrected chi connectivity index (χ0v) is 15.2. The van der Waals surface area contributed by atoms with E-state index in [1.807, 2.05) is 91.0 Å². The van der Waals surface area contributed by atoms with E-state index in [9.17, 15) is 4.79 Å². The lowest BCUT2D eigenvalue weighted by Gasteiger charge is -2.19. The summed E-state index contributed by atoms with van der Waals surface area (Å²) in [4.78, 5) is 12.4. The van der Waals surface area contributed by atoms with Crippen molar-refractivity contribution in [2.45, 2.75) is 6.04 Å². The Labute approximate surface area is 156 Å². The van der Waals surface area contributed by atoms with Crippen LogP contribution in [-0.2, 0) is 4.79 Å². The summed E-state index contributed by atoms with van der Waals surface area (Å²) in [6.07, 6.45) is 3.39. The van der Waals surface area contributed by atoms with Gasteiger partial charge in [0, 0.05) is 10.5 Å². The molecule has 0 aromatic heterocycles. The van der Waals surface area contributed by atoms with Crippen LogP contribution in [0.15, 0.2) is 95.5 Å². The molecular weight excluding hydrogens is 374 g/mol. The summed E-state index contributed by atoms with van der Waals surface area (Å²) in [5.74, 6) is -0.124. The Balaban J connectivity index is 1.78. The van der Waals surface area contributed by atoms with Crippen molar-refractivity contribution in [1.29, 1.82) is 0 Å². The molecule has 0 heterocycles. The number of amides is 1. The van der Waals surface area contributed by atoms with Gasteiger partial charge in [-0.2, -0.15) is 0 Å². The molecule has 25 heavy (non-hydrogen) atoms. The van der Waals surface area contributed by atoms with Crippen LogP contribution in [0.2, 0.25) is 0 Å². The SMILES string of the molecule is O=C(/C=C\c1ccc(Br)cc1)NC(c1ccccc1)c1ccccc1. The van der Waals surface area contributed by atoms with Crippen LogP contribution in [0, 0.1) is 0 Å². The van der Waals surface area contributed by atoms with E-state index < -0.39 is 0 Å². The van der Waals surface area contributed by atoms with Gasteiger partial charge in [-0.1, -0.05) is 88.7 Å². The smallest absolute Gasteiger partial charge is 0.244 e. The number of hydrogen-bond acceptors (Lipinski definition) is 1. The molecule has 0 fully saturated rings. The van der Waals surface area contributed by atoms with Crippen molar-refractivity contribution < 1.29 is 4.79 Å². The Hall–Kier alpha value is -2.65. The largest absolute Gasteiger partial charge is 0.342 e. The van der Waals surface area contributed by atoms with Crippen LogP contribution in [-0.4, -0.2) is 5.91 Å². The molecule has 0 aliphatic carbocycles. The molecule has 0 bridgehead atoms. The first-order valence-electron chi connectivity index (χ1n) is 8.06. The fourth-order valence-corrected chi connectivity index (χ4v) is 2.85. The highest BCUT2D eigenvalue weighted by molar-refractivity contribution is 9.10. The Kier molecular flexibility index (Phi) is 5.81. The van der Waals surface area contributed by atoms with Gasteiger partial charge in [0.2, 0.25) is 5.91 Å². The number of benzene rings is 3. The highest BCUT2D eigenvalue weighted by Gasteiger charge is 2.15. The lowest BCUT2D eigenvalue weighted by molar-refractivity contribution is -0.116. The van der Waals surface area contributed by atoms with Crippen LogP contribution in [0.1, 0.15) is 22.7 Å². The fourth-order valence-electron chi connectivity index (χ4n) is 2.59. The predicted octanol–water partition coefficient (Wildman–Crippen LogP) is 5.37. The Morgan fingerprint density at radius 1 is 0.800 bits per heavy atom. The second-order valence-electron chi connectivity index (χ2n) is 5.65. The normalized spacial score (nSPS) is 11.0. The van der Waals surface area contributed by atoms with E-state index in [0.717, 1.165) is 21.2 Å². The van der Waals surface area contributed by atoms with Crippen LogP contribution in [0.5, 0.6) is 0 Å². The molecule has 3 aromatic carbocycles. The van der Waals surface area contributed by atoms with Gasteiger partial charge < -0.3 is 5.32 Å². The molecule has 124 valence electrons. The van der Waals surface area contributed by atoms with Gasteiger partial charge >= 0.3 is 0 Å². The van der Waals surface area contributed by atoms with Crippen molar-refractivity contribution in [3.63, 3.8) is 0 Å². The molecular formula is C22H18BrNO. The van der Waals surface area contributed by atoms with Gasteiger partial charge in [-0.15, -0.1) is 0 Å². The highest BCUT2D eigenvalue weighted by Crippen LogP contribution is 2.21. The lowest BCUT2D eigenvalue weighted by Crippen LogP contribution is -2.27. The summed E-state index contributed by atoms with van der Waals surface area (Å²) in [5, 5.41) is 3.10. The van der Waals surface area contributed by atoms with E-state index in [0.29, 0.717) is 0 Å². The minimum absolute atomic E-state index is 0.124. The monoisotopic (exact) mass is 391 g/mol. The van der Waals surface area contributed by atoms with Gasteiger partial charge in [0.25, 0.3) is 0 Å². The number of carbonyl (C=O) groups is 1. The van der Waals surface area contributed by atoms with Crippen molar-refractivity contribution in [1.82, 2.24) is 5.32 Å². The van der Waals surface area contributed by atoms with E-state index in [-0.39, 0.29) is 11.9 Å². The Bertz CT molecular complexity index is 803. The van der Waals surface area contributed by atoms with Gasteiger partial charge in [0.05, 0.1) is 6.04 Å². The minimum Gasteiger partial charge on any atom is -0.342 e. The second kappa shape index (κ2) is 8.45. The van der Waals surface area contributed by atoms with Crippen LogP contribution in [0.4, 0.5) is 0 Å². The van der Waals surface area contributed by atoms with Gasteiger partial charge in [-0.3, -0.25) is 4.79 Å². The summed E-state index contributed by atoms with van der Waals surface area (Å²) in [5.41, 5.74) is 3.09. The summed E-state index contributed by atoms with van der Waals surface area (Å²) in [6.45, 7) is 0. The number of nitrogens with one attached hydrogen (secondary N) is 1. The second-order valence-corrected chi connectivity index (χ2v) is 6.56. The van der Waals surface area contributed by atoms with Crippen molar-refractivity contribution in [3.8, 4) is 0 Å². The van der Waals surface area contributed by atoms with E-state index >= 15 is 0 Å². The van der Waals surface area contributed by atoms with Gasteiger partial charge in [-0.25, -0.2) is 0 Å². The zero-order valence-electron chi connectivity index (χ0n) is 13.6. The third kappa shape index (κ3) is 4.91. The fraction of sp³-hybridized carbons (Fsp3) is 0.0455. The quantitative estimate of drug-likeness (QED) is 0.582. The molecule has 0 saturated heterocycles. The van der Waals surface area contributed by atoms with Crippen molar-refractivity contribution in [3.05, 3.63) is 112 Å². The third-order valence-electron chi connectivity index (χ3n) is 3.85. The van der Waals surface area contributed by atoms with Gasteiger partial charge in [-0.05, 0) is 34.9 Å². The minimum atomic E-state index is -0.176. The molecule has 3 rings (SSSR count). The standard InChI is InChI=1S/C22H18BrNO/c23-20-14-11-17(12-15-20)13-16-21(25)24-22(18-7-3-1-4-8-18)19-9-5-2-6-10-19/h1-16,22H,(H,24,25)/b16-13-.